The topological polar surface area (TPSA) is 42.8 Å². The zero-order valence-corrected chi connectivity index (χ0v) is 15.1. The molecule has 24 heavy (non-hydrogen) atoms. The average Bonchev–Trinajstić information content (AvgIpc) is 2.63. The number of nitrogens with one attached hydrogen (secondary N) is 2. The van der Waals surface area contributed by atoms with Crippen molar-refractivity contribution in [2.75, 3.05) is 32.8 Å². The van der Waals surface area contributed by atoms with Crippen LogP contribution in [-0.2, 0) is 4.74 Å². The van der Waals surface area contributed by atoms with Gasteiger partial charge in [-0.05, 0) is 23.8 Å². The molecule has 1 aliphatic rings. The summed E-state index contributed by atoms with van der Waals surface area (Å²) in [5, 5.41) is 3.20. The van der Waals surface area contributed by atoms with Crippen molar-refractivity contribution < 1.29 is 14.4 Å². The number of carbonyl (C=O) groups excluding carboxylic acids is 1. The van der Waals surface area contributed by atoms with Gasteiger partial charge < -0.3 is 15.0 Å². The van der Waals surface area contributed by atoms with Gasteiger partial charge in [0, 0.05) is 10.0 Å². The highest BCUT2D eigenvalue weighted by molar-refractivity contribution is 9.10. The first-order chi connectivity index (χ1) is 11.7. The molecule has 1 amide bonds. The van der Waals surface area contributed by atoms with Gasteiger partial charge >= 0.3 is 0 Å². The van der Waals surface area contributed by atoms with E-state index in [2.05, 4.69) is 33.4 Å². The van der Waals surface area contributed by atoms with Crippen LogP contribution in [0.4, 0.5) is 0 Å². The molecule has 4 nitrogen and oxygen atoms in total. The first-order valence-corrected chi connectivity index (χ1v) is 9.04. The average molecular weight is 390 g/mol. The van der Waals surface area contributed by atoms with Crippen LogP contribution in [0.2, 0.25) is 0 Å². The van der Waals surface area contributed by atoms with Gasteiger partial charge in [-0.15, -0.1) is 0 Å². The normalized spacial score (nSPS) is 16.5. The maximum absolute atomic E-state index is 12.7. The summed E-state index contributed by atoms with van der Waals surface area (Å²) >= 11 is 3.42. The standard InChI is InChI=1S/C19H21BrN2O2/c20-17-8-4-7-16(13-17)19(23)21-18(15-5-2-1-3-6-15)14-22-9-11-24-12-10-22/h1-8,13,18H,9-12,14H2,(H,21,23)/p+1/t18-/m1/s1. The number of morpholine rings is 1. The molecule has 0 spiro atoms. The second-order valence-electron chi connectivity index (χ2n) is 6.01. The van der Waals surface area contributed by atoms with Crippen molar-refractivity contribution in [2.24, 2.45) is 0 Å². The van der Waals surface area contributed by atoms with E-state index in [0.29, 0.717) is 5.56 Å². The van der Waals surface area contributed by atoms with E-state index in [0.717, 1.165) is 42.9 Å². The first-order valence-electron chi connectivity index (χ1n) is 8.25. The highest BCUT2D eigenvalue weighted by atomic mass is 79.9. The molecule has 1 aliphatic heterocycles. The lowest BCUT2D eigenvalue weighted by molar-refractivity contribution is -0.909. The summed E-state index contributed by atoms with van der Waals surface area (Å²) in [5.74, 6) is -0.0437. The third kappa shape index (κ3) is 4.66. The van der Waals surface area contributed by atoms with Crippen LogP contribution < -0.4 is 10.2 Å². The summed E-state index contributed by atoms with van der Waals surface area (Å²) in [5.41, 5.74) is 1.81. The fourth-order valence-electron chi connectivity index (χ4n) is 2.96. The van der Waals surface area contributed by atoms with E-state index < -0.39 is 0 Å². The highest BCUT2D eigenvalue weighted by Gasteiger charge is 2.23. The summed E-state index contributed by atoms with van der Waals surface area (Å²) in [7, 11) is 0. The third-order valence-electron chi connectivity index (χ3n) is 4.29. The zero-order valence-electron chi connectivity index (χ0n) is 13.5. The van der Waals surface area contributed by atoms with Gasteiger partial charge in [0.1, 0.15) is 25.7 Å². The van der Waals surface area contributed by atoms with Crippen molar-refractivity contribution >= 4 is 21.8 Å². The molecular formula is C19H22BrN2O2+. The van der Waals surface area contributed by atoms with Gasteiger partial charge in [-0.25, -0.2) is 0 Å². The lowest BCUT2D eigenvalue weighted by atomic mass is 10.1. The Morgan fingerprint density at radius 3 is 2.58 bits per heavy atom. The largest absolute Gasteiger partial charge is 0.370 e. The summed E-state index contributed by atoms with van der Waals surface area (Å²) in [4.78, 5) is 14.1. The number of benzene rings is 2. The van der Waals surface area contributed by atoms with Crippen molar-refractivity contribution in [3.8, 4) is 0 Å². The minimum Gasteiger partial charge on any atom is -0.370 e. The predicted molar refractivity (Wildman–Crippen MR) is 97.2 cm³/mol. The highest BCUT2D eigenvalue weighted by Crippen LogP contribution is 2.15. The van der Waals surface area contributed by atoms with Crippen LogP contribution in [0, 0.1) is 0 Å². The Labute approximate surface area is 150 Å². The van der Waals surface area contributed by atoms with Crippen LogP contribution in [0.3, 0.4) is 0 Å². The van der Waals surface area contributed by atoms with E-state index in [1.54, 1.807) is 0 Å². The Hall–Kier alpha value is -1.69. The molecule has 0 bridgehead atoms. The molecule has 1 saturated heterocycles. The minimum absolute atomic E-state index is 0.00854. The number of ether oxygens (including phenoxy) is 1. The van der Waals surface area contributed by atoms with Gasteiger partial charge in [0.25, 0.3) is 5.91 Å². The molecule has 0 radical (unpaired) electrons. The van der Waals surface area contributed by atoms with Crippen LogP contribution in [-0.4, -0.2) is 38.8 Å². The molecule has 126 valence electrons. The molecule has 2 N–H and O–H groups in total. The molecule has 0 unspecified atom stereocenters. The maximum Gasteiger partial charge on any atom is 0.252 e. The molecule has 3 rings (SSSR count). The summed E-state index contributed by atoms with van der Waals surface area (Å²) in [6.45, 7) is 4.41. The van der Waals surface area contributed by atoms with Crippen molar-refractivity contribution in [2.45, 2.75) is 6.04 Å². The number of hydrogen-bond donors (Lipinski definition) is 2. The molecule has 5 heteroatoms. The number of carbonyl (C=O) groups is 1. The fraction of sp³-hybridized carbons (Fsp3) is 0.316. The molecule has 0 aromatic heterocycles. The van der Waals surface area contributed by atoms with Gasteiger partial charge in [-0.2, -0.15) is 0 Å². The number of rotatable bonds is 5. The van der Waals surface area contributed by atoms with Crippen molar-refractivity contribution in [3.63, 3.8) is 0 Å². The zero-order chi connectivity index (χ0) is 16.8. The van der Waals surface area contributed by atoms with E-state index in [4.69, 9.17) is 4.74 Å². The molecule has 2 aromatic rings. The summed E-state index contributed by atoms with van der Waals surface area (Å²) < 4.78 is 6.34. The third-order valence-corrected chi connectivity index (χ3v) is 4.78. The Bertz CT molecular complexity index is 672. The molecule has 0 aliphatic carbocycles. The minimum atomic E-state index is -0.0437. The van der Waals surface area contributed by atoms with Crippen LogP contribution in [0.15, 0.2) is 59.1 Å². The predicted octanol–water partition coefficient (Wildman–Crippen LogP) is 1.84. The van der Waals surface area contributed by atoms with Gasteiger partial charge in [0.15, 0.2) is 0 Å². The van der Waals surface area contributed by atoms with Gasteiger partial charge in [0.05, 0.1) is 13.2 Å². The van der Waals surface area contributed by atoms with Gasteiger partial charge in [-0.3, -0.25) is 4.79 Å². The molecule has 1 fully saturated rings. The molecule has 0 saturated carbocycles. The number of quaternary nitrogens is 1. The molecule has 1 atom stereocenters. The van der Waals surface area contributed by atoms with Crippen molar-refractivity contribution in [1.82, 2.24) is 5.32 Å². The number of halogens is 1. The van der Waals surface area contributed by atoms with E-state index >= 15 is 0 Å². The summed E-state index contributed by atoms with van der Waals surface area (Å²) in [6, 6.07) is 17.7. The second-order valence-corrected chi connectivity index (χ2v) is 6.93. The van der Waals surface area contributed by atoms with Gasteiger partial charge in [-0.1, -0.05) is 52.3 Å². The Balaban J connectivity index is 1.75. The number of amides is 1. The van der Waals surface area contributed by atoms with Gasteiger partial charge in [0.2, 0.25) is 0 Å². The second kappa shape index (κ2) is 8.42. The van der Waals surface area contributed by atoms with E-state index in [9.17, 15) is 4.79 Å². The van der Waals surface area contributed by atoms with Crippen LogP contribution in [0.25, 0.3) is 0 Å². The summed E-state index contributed by atoms with van der Waals surface area (Å²) in [6.07, 6.45) is 0. The Kier molecular flexibility index (Phi) is 6.01. The maximum atomic E-state index is 12.7. The quantitative estimate of drug-likeness (QED) is 0.818. The van der Waals surface area contributed by atoms with Crippen molar-refractivity contribution in [3.05, 3.63) is 70.2 Å². The Morgan fingerprint density at radius 1 is 1.12 bits per heavy atom. The van der Waals surface area contributed by atoms with E-state index in [1.165, 1.54) is 4.90 Å². The monoisotopic (exact) mass is 389 g/mol. The Morgan fingerprint density at radius 2 is 1.88 bits per heavy atom. The number of hydrogen-bond acceptors (Lipinski definition) is 2. The van der Waals surface area contributed by atoms with Crippen LogP contribution >= 0.6 is 15.9 Å². The van der Waals surface area contributed by atoms with E-state index in [-0.39, 0.29) is 11.9 Å². The van der Waals surface area contributed by atoms with Crippen LogP contribution in [0.1, 0.15) is 22.0 Å². The molecule has 1 heterocycles. The molecule has 2 aromatic carbocycles. The van der Waals surface area contributed by atoms with Crippen LogP contribution in [0.5, 0.6) is 0 Å². The lowest BCUT2D eigenvalue weighted by Crippen LogP contribution is -3.14. The smallest absolute Gasteiger partial charge is 0.252 e. The fourth-order valence-corrected chi connectivity index (χ4v) is 3.36. The first kappa shape index (κ1) is 17.1. The van der Waals surface area contributed by atoms with E-state index in [1.807, 2.05) is 42.5 Å². The van der Waals surface area contributed by atoms with Crippen molar-refractivity contribution in [1.29, 1.82) is 0 Å². The SMILES string of the molecule is O=C(N[C@H](C[NH+]1CCOCC1)c1ccccc1)c1cccc(Br)c1. The lowest BCUT2D eigenvalue weighted by Gasteiger charge is -2.28. The molecular weight excluding hydrogens is 368 g/mol.